The zero-order valence-corrected chi connectivity index (χ0v) is 19.0. The fourth-order valence-corrected chi connectivity index (χ4v) is 3.01. The van der Waals surface area contributed by atoms with E-state index in [1.807, 2.05) is 4.90 Å². The van der Waals surface area contributed by atoms with Crippen molar-refractivity contribution in [2.24, 2.45) is 0 Å². The highest BCUT2D eigenvalue weighted by atomic mass is 35.5. The van der Waals surface area contributed by atoms with Gasteiger partial charge in [-0.2, -0.15) is 0 Å². The highest BCUT2D eigenvalue weighted by molar-refractivity contribution is 6.58. The van der Waals surface area contributed by atoms with Crippen LogP contribution in [0.4, 0.5) is 5.95 Å². The van der Waals surface area contributed by atoms with Crippen molar-refractivity contribution in [3.63, 3.8) is 0 Å². The number of aliphatic hydroxyl groups is 2. The van der Waals surface area contributed by atoms with E-state index < -0.39 is 20.3 Å². The molecule has 2 aliphatic rings. The number of aliphatic hydroxyl groups excluding tert-OH is 2. The molecule has 35 heavy (non-hydrogen) atoms. The third-order valence-electron chi connectivity index (χ3n) is 4.86. The van der Waals surface area contributed by atoms with Gasteiger partial charge in [-0.05, 0) is 30.9 Å². The molecule has 0 radical (unpaired) electrons. The minimum atomic E-state index is -1.53. The maximum Gasteiger partial charge on any atom is 0.491 e. The molecule has 1 atom stereocenters. The standard InChI is InChI=1S/C9H14BN3O3.C5H9NO2.C4H4BClN2O2.CH4/c14-8-1-3-13(4-2-8)9-11-5-7(6-12-9)10(15)16;7-4-1-2-6-5(8)3-4;6-4-7-1-3(2-8-4)5(9)10;/h5-6,8,14-16H,1-4H2;4,7H,1-3H2,(H,6,8);1-2,9-10H;1H4. The molecule has 0 bridgehead atoms. The Hall–Kier alpha value is -2.39. The number of carbonyl (C=O) groups is 1. The van der Waals surface area contributed by atoms with Gasteiger partial charge in [0.25, 0.3) is 0 Å². The van der Waals surface area contributed by atoms with E-state index in [1.54, 1.807) is 0 Å². The maximum absolute atomic E-state index is 10.4. The SMILES string of the molecule is C.O=C1CC(O)CCN1.OB(O)c1cnc(Cl)nc1.OB(O)c1cnc(N2CCC(O)CC2)nc1. The van der Waals surface area contributed by atoms with Crippen molar-refractivity contribution in [1.29, 1.82) is 0 Å². The van der Waals surface area contributed by atoms with Crippen LogP contribution in [-0.2, 0) is 4.79 Å². The number of piperidine rings is 2. The van der Waals surface area contributed by atoms with E-state index in [0.29, 0.717) is 31.8 Å². The molecular formula is C19H31B2ClN6O7. The third-order valence-corrected chi connectivity index (χ3v) is 5.06. The molecule has 2 aromatic heterocycles. The Morgan fingerprint density at radius 1 is 0.857 bits per heavy atom. The summed E-state index contributed by atoms with van der Waals surface area (Å²) in [6, 6.07) is 0. The average Bonchev–Trinajstić information content (AvgIpc) is 2.81. The molecule has 2 aromatic rings. The zero-order chi connectivity index (χ0) is 25.1. The molecule has 13 nitrogen and oxygen atoms in total. The Bertz CT molecular complexity index is 875. The molecule has 7 N–H and O–H groups in total. The van der Waals surface area contributed by atoms with E-state index in [0.717, 1.165) is 13.1 Å². The minimum Gasteiger partial charge on any atom is -0.423 e. The van der Waals surface area contributed by atoms with Crippen LogP contribution in [0.15, 0.2) is 24.8 Å². The summed E-state index contributed by atoms with van der Waals surface area (Å²) in [4.78, 5) is 27.6. The van der Waals surface area contributed by atoms with Gasteiger partial charge in [-0.1, -0.05) is 7.43 Å². The first-order valence-electron chi connectivity index (χ1n) is 10.5. The third kappa shape index (κ3) is 11.3. The molecule has 0 aliphatic carbocycles. The van der Waals surface area contributed by atoms with E-state index in [4.69, 9.17) is 36.8 Å². The van der Waals surface area contributed by atoms with Crippen LogP contribution >= 0.6 is 11.6 Å². The second kappa shape index (κ2) is 15.6. The lowest BCUT2D eigenvalue weighted by atomic mass is 9.83. The van der Waals surface area contributed by atoms with Gasteiger partial charge in [0.05, 0.1) is 18.6 Å². The lowest BCUT2D eigenvalue weighted by molar-refractivity contribution is -0.124. The van der Waals surface area contributed by atoms with Gasteiger partial charge in [0.15, 0.2) is 0 Å². The first kappa shape index (κ1) is 30.6. The molecule has 4 rings (SSSR count). The Balaban J connectivity index is 0.000000278. The summed E-state index contributed by atoms with van der Waals surface area (Å²) in [6.45, 7) is 2.07. The van der Waals surface area contributed by atoms with Crippen LogP contribution in [0.5, 0.6) is 0 Å². The predicted molar refractivity (Wildman–Crippen MR) is 131 cm³/mol. The van der Waals surface area contributed by atoms with Crippen LogP contribution in [0.3, 0.4) is 0 Å². The molecule has 16 heteroatoms. The van der Waals surface area contributed by atoms with E-state index >= 15 is 0 Å². The molecule has 4 heterocycles. The van der Waals surface area contributed by atoms with Gasteiger partial charge in [-0.15, -0.1) is 0 Å². The van der Waals surface area contributed by atoms with Gasteiger partial charge in [0, 0.05) is 55.3 Å². The van der Waals surface area contributed by atoms with Gasteiger partial charge < -0.3 is 40.5 Å². The lowest BCUT2D eigenvalue weighted by Gasteiger charge is -2.29. The second-order valence-electron chi connectivity index (χ2n) is 7.56. The summed E-state index contributed by atoms with van der Waals surface area (Å²) in [6.07, 6.45) is 7.09. The van der Waals surface area contributed by atoms with Crippen molar-refractivity contribution in [2.45, 2.75) is 45.3 Å². The number of hydrogen-bond acceptors (Lipinski definition) is 12. The normalized spacial score (nSPS) is 17.5. The highest BCUT2D eigenvalue weighted by Crippen LogP contribution is 2.14. The molecule has 1 amide bonds. The maximum atomic E-state index is 10.4. The number of rotatable bonds is 3. The first-order chi connectivity index (χ1) is 16.2. The monoisotopic (exact) mass is 512 g/mol. The van der Waals surface area contributed by atoms with Crippen LogP contribution in [0.1, 0.15) is 33.1 Å². The zero-order valence-electron chi connectivity index (χ0n) is 18.3. The molecule has 0 spiro atoms. The fraction of sp³-hybridized carbons (Fsp3) is 0.526. The molecule has 2 saturated heterocycles. The number of carbonyl (C=O) groups excluding carboxylic acids is 1. The largest absolute Gasteiger partial charge is 0.491 e. The van der Waals surface area contributed by atoms with E-state index in [9.17, 15) is 9.90 Å². The van der Waals surface area contributed by atoms with Crippen molar-refractivity contribution in [2.75, 3.05) is 24.5 Å². The summed E-state index contributed by atoms with van der Waals surface area (Å²) in [5, 5.41) is 55.7. The van der Waals surface area contributed by atoms with Gasteiger partial charge in [0.2, 0.25) is 17.1 Å². The summed E-state index contributed by atoms with van der Waals surface area (Å²) in [5.41, 5.74) is 0.505. The summed E-state index contributed by atoms with van der Waals surface area (Å²) >= 11 is 5.33. The molecule has 0 aromatic carbocycles. The second-order valence-corrected chi connectivity index (χ2v) is 7.90. The Kier molecular flexibility index (Phi) is 13.6. The van der Waals surface area contributed by atoms with Crippen molar-refractivity contribution in [3.05, 3.63) is 30.1 Å². The van der Waals surface area contributed by atoms with Crippen molar-refractivity contribution in [3.8, 4) is 0 Å². The molecule has 192 valence electrons. The van der Waals surface area contributed by atoms with Gasteiger partial charge >= 0.3 is 14.2 Å². The number of hydrogen-bond donors (Lipinski definition) is 7. The molecule has 2 aliphatic heterocycles. The average molecular weight is 513 g/mol. The van der Waals surface area contributed by atoms with Crippen molar-refractivity contribution in [1.82, 2.24) is 25.3 Å². The minimum absolute atomic E-state index is 0. The smallest absolute Gasteiger partial charge is 0.423 e. The van der Waals surface area contributed by atoms with Gasteiger partial charge in [0.1, 0.15) is 0 Å². The topological polar surface area (TPSA) is 205 Å². The Morgan fingerprint density at radius 3 is 1.74 bits per heavy atom. The molecule has 2 fully saturated rings. The molecular weight excluding hydrogens is 481 g/mol. The lowest BCUT2D eigenvalue weighted by Crippen LogP contribution is -2.38. The van der Waals surface area contributed by atoms with Crippen LogP contribution in [0.2, 0.25) is 5.28 Å². The first-order valence-corrected chi connectivity index (χ1v) is 10.9. The summed E-state index contributed by atoms with van der Waals surface area (Å²) in [5.74, 6) is 0.528. The quantitative estimate of drug-likeness (QED) is 0.161. The van der Waals surface area contributed by atoms with Crippen LogP contribution < -0.4 is 21.1 Å². The van der Waals surface area contributed by atoms with Crippen LogP contribution in [0.25, 0.3) is 0 Å². The number of anilines is 1. The predicted octanol–water partition coefficient (Wildman–Crippen LogP) is -3.18. The molecule has 1 unspecified atom stereocenters. The highest BCUT2D eigenvalue weighted by Gasteiger charge is 2.20. The summed E-state index contributed by atoms with van der Waals surface area (Å²) in [7, 11) is -3.06. The Labute approximate surface area is 209 Å². The summed E-state index contributed by atoms with van der Waals surface area (Å²) < 4.78 is 0. The van der Waals surface area contributed by atoms with Crippen LogP contribution in [-0.4, -0.2) is 102 Å². The number of nitrogens with zero attached hydrogens (tertiary/aromatic N) is 5. The van der Waals surface area contributed by atoms with E-state index in [2.05, 4.69) is 25.3 Å². The van der Waals surface area contributed by atoms with Gasteiger partial charge in [-0.3, -0.25) is 4.79 Å². The van der Waals surface area contributed by atoms with Crippen molar-refractivity contribution >= 4 is 48.6 Å². The van der Waals surface area contributed by atoms with E-state index in [-0.39, 0.29) is 42.1 Å². The van der Waals surface area contributed by atoms with Crippen molar-refractivity contribution < 1.29 is 35.1 Å². The number of amides is 1. The Morgan fingerprint density at radius 2 is 1.34 bits per heavy atom. The number of aromatic nitrogens is 4. The number of halogens is 1. The molecule has 0 saturated carbocycles. The van der Waals surface area contributed by atoms with Crippen LogP contribution in [0, 0.1) is 0 Å². The van der Waals surface area contributed by atoms with E-state index in [1.165, 1.54) is 24.8 Å². The van der Waals surface area contributed by atoms with Gasteiger partial charge in [-0.25, -0.2) is 19.9 Å². The fourth-order valence-electron chi connectivity index (χ4n) is 2.92. The number of nitrogens with one attached hydrogen (secondary N) is 1.